The summed E-state index contributed by atoms with van der Waals surface area (Å²) in [5.41, 5.74) is 1.98. The van der Waals surface area contributed by atoms with E-state index in [1.807, 2.05) is 6.92 Å². The van der Waals surface area contributed by atoms with Crippen LogP contribution in [0.1, 0.15) is 21.7 Å². The number of carbonyl (C=O) groups excluding carboxylic acids is 1. The Bertz CT molecular complexity index is 938. The molecule has 9 heteroatoms. The lowest BCUT2D eigenvalue weighted by Crippen LogP contribution is -2.30. The third-order valence-electron chi connectivity index (χ3n) is 3.66. The van der Waals surface area contributed by atoms with Crippen LogP contribution >= 0.6 is 11.8 Å². The lowest BCUT2D eigenvalue weighted by Gasteiger charge is -2.11. The number of aromatic amines is 1. The van der Waals surface area contributed by atoms with Gasteiger partial charge in [-0.25, -0.2) is 14.5 Å². The Balaban J connectivity index is 1.63. The van der Waals surface area contributed by atoms with Crippen LogP contribution in [0, 0.1) is 6.92 Å². The zero-order valence-corrected chi connectivity index (χ0v) is 15.0. The van der Waals surface area contributed by atoms with Crippen LogP contribution < -0.4 is 10.9 Å². The molecule has 3 aromatic heterocycles. The van der Waals surface area contributed by atoms with Crippen molar-refractivity contribution < 1.29 is 4.79 Å². The third-order valence-corrected chi connectivity index (χ3v) is 4.63. The first kappa shape index (κ1) is 17.9. The molecule has 0 saturated carbocycles. The maximum absolute atomic E-state index is 12.6. The summed E-state index contributed by atoms with van der Waals surface area (Å²) in [5.74, 6) is 1.33. The van der Waals surface area contributed by atoms with Crippen LogP contribution in [0.5, 0.6) is 0 Å². The highest BCUT2D eigenvalue weighted by Gasteiger charge is 2.15. The molecule has 0 saturated heterocycles. The molecule has 0 aromatic carbocycles. The zero-order chi connectivity index (χ0) is 18.4. The Hall–Kier alpha value is -2.94. The van der Waals surface area contributed by atoms with Crippen molar-refractivity contribution in [3.8, 4) is 0 Å². The van der Waals surface area contributed by atoms with Crippen LogP contribution in [0.4, 0.5) is 5.95 Å². The highest BCUT2D eigenvalue weighted by Crippen LogP contribution is 2.12. The van der Waals surface area contributed by atoms with E-state index in [4.69, 9.17) is 0 Å². The Morgan fingerprint density at radius 1 is 1.31 bits per heavy atom. The molecule has 3 rings (SSSR count). The van der Waals surface area contributed by atoms with Crippen LogP contribution in [-0.4, -0.2) is 42.7 Å². The van der Waals surface area contributed by atoms with Gasteiger partial charge in [0.2, 0.25) is 5.95 Å². The van der Waals surface area contributed by atoms with Gasteiger partial charge in [-0.2, -0.15) is 11.8 Å². The number of imidazole rings is 1. The number of H-pyrrole nitrogens is 1. The molecule has 0 aliphatic rings. The molecule has 0 radical (unpaired) electrons. The van der Waals surface area contributed by atoms with Gasteiger partial charge in [-0.05, 0) is 19.1 Å². The third kappa shape index (κ3) is 4.17. The maximum Gasteiger partial charge on any atom is 0.269 e. The topological polar surface area (TPSA) is 106 Å². The number of rotatable bonds is 7. The molecule has 134 valence electrons. The van der Waals surface area contributed by atoms with E-state index in [0.29, 0.717) is 12.1 Å². The fourth-order valence-corrected chi connectivity index (χ4v) is 3.16. The molecule has 0 amide bonds. The maximum atomic E-state index is 12.6. The number of hydrogen-bond donors (Lipinski definition) is 2. The summed E-state index contributed by atoms with van der Waals surface area (Å²) < 4.78 is 1.03. The standard InChI is InChI=1S/C17H18N6O2S/c1-12-14(22-11-21-12)10-26-8-7-20-17-19-6-4-15(24)23(17)16(25)13-3-2-5-18-9-13/h2-6,9,11H,7-8,10H2,1H3,(H,19,20)(H,21,22). The van der Waals surface area contributed by atoms with E-state index < -0.39 is 11.5 Å². The normalized spacial score (nSPS) is 10.7. The van der Waals surface area contributed by atoms with Crippen molar-refractivity contribution >= 4 is 23.6 Å². The van der Waals surface area contributed by atoms with E-state index in [-0.39, 0.29) is 5.95 Å². The van der Waals surface area contributed by atoms with Gasteiger partial charge in [-0.3, -0.25) is 14.6 Å². The summed E-state index contributed by atoms with van der Waals surface area (Å²) in [5, 5.41) is 3.06. The molecule has 0 spiro atoms. The molecule has 0 unspecified atom stereocenters. The van der Waals surface area contributed by atoms with Crippen LogP contribution in [0.2, 0.25) is 0 Å². The number of carbonyl (C=O) groups is 1. The average Bonchev–Trinajstić information content (AvgIpc) is 3.07. The highest BCUT2D eigenvalue weighted by atomic mass is 32.2. The second-order valence-corrected chi connectivity index (χ2v) is 6.55. The van der Waals surface area contributed by atoms with E-state index in [0.717, 1.165) is 27.5 Å². The smallest absolute Gasteiger partial charge is 0.269 e. The Labute approximate surface area is 154 Å². The van der Waals surface area contributed by atoms with Gasteiger partial charge in [0.25, 0.3) is 11.5 Å². The Morgan fingerprint density at radius 3 is 2.92 bits per heavy atom. The van der Waals surface area contributed by atoms with Crippen molar-refractivity contribution in [2.24, 2.45) is 0 Å². The van der Waals surface area contributed by atoms with E-state index in [1.165, 1.54) is 18.5 Å². The molecule has 2 N–H and O–H groups in total. The minimum atomic E-state index is -0.460. The molecule has 8 nitrogen and oxygen atoms in total. The van der Waals surface area contributed by atoms with Crippen LogP contribution in [0.15, 0.2) is 47.9 Å². The van der Waals surface area contributed by atoms with Gasteiger partial charge < -0.3 is 10.3 Å². The summed E-state index contributed by atoms with van der Waals surface area (Å²) in [6.45, 7) is 2.54. The number of aryl methyl sites for hydroxylation is 1. The minimum absolute atomic E-state index is 0.225. The number of thioether (sulfide) groups is 1. The lowest BCUT2D eigenvalue weighted by atomic mass is 10.2. The Kier molecular flexibility index (Phi) is 5.80. The van der Waals surface area contributed by atoms with Gasteiger partial charge in [0.05, 0.1) is 17.6 Å². The van der Waals surface area contributed by atoms with Gasteiger partial charge in [-0.1, -0.05) is 0 Å². The highest BCUT2D eigenvalue weighted by molar-refractivity contribution is 7.98. The van der Waals surface area contributed by atoms with E-state index >= 15 is 0 Å². The number of anilines is 1. The van der Waals surface area contributed by atoms with Crippen molar-refractivity contribution in [2.45, 2.75) is 12.7 Å². The molecule has 0 atom stereocenters. The van der Waals surface area contributed by atoms with Gasteiger partial charge in [0.1, 0.15) is 0 Å². The molecule has 3 heterocycles. The fraction of sp³-hybridized carbons (Fsp3) is 0.235. The van der Waals surface area contributed by atoms with Gasteiger partial charge in [-0.15, -0.1) is 0 Å². The largest absolute Gasteiger partial charge is 0.354 e. The summed E-state index contributed by atoms with van der Waals surface area (Å²) in [6.07, 6.45) is 6.06. The van der Waals surface area contributed by atoms with Crippen molar-refractivity contribution in [2.75, 3.05) is 17.6 Å². The number of hydrogen-bond acceptors (Lipinski definition) is 7. The average molecular weight is 370 g/mol. The number of aromatic nitrogens is 5. The van der Waals surface area contributed by atoms with Crippen LogP contribution in [0.3, 0.4) is 0 Å². The second kappa shape index (κ2) is 8.43. The molecular formula is C17H18N6O2S. The fourth-order valence-electron chi connectivity index (χ4n) is 2.28. The predicted octanol–water partition coefficient (Wildman–Crippen LogP) is 1.70. The van der Waals surface area contributed by atoms with Gasteiger partial charge in [0, 0.05) is 48.4 Å². The first-order chi connectivity index (χ1) is 12.7. The van der Waals surface area contributed by atoms with Crippen molar-refractivity contribution in [1.29, 1.82) is 0 Å². The van der Waals surface area contributed by atoms with E-state index in [9.17, 15) is 9.59 Å². The molecule has 0 aliphatic carbocycles. The van der Waals surface area contributed by atoms with Crippen molar-refractivity contribution in [3.05, 3.63) is 70.4 Å². The lowest BCUT2D eigenvalue weighted by molar-refractivity contribution is 0.0957. The predicted molar refractivity (Wildman–Crippen MR) is 100 cm³/mol. The first-order valence-electron chi connectivity index (χ1n) is 8.00. The van der Waals surface area contributed by atoms with Crippen molar-refractivity contribution in [1.82, 2.24) is 24.5 Å². The van der Waals surface area contributed by atoms with Gasteiger partial charge >= 0.3 is 0 Å². The second-order valence-electron chi connectivity index (χ2n) is 5.44. The number of nitrogens with one attached hydrogen (secondary N) is 2. The zero-order valence-electron chi connectivity index (χ0n) is 14.2. The molecule has 26 heavy (non-hydrogen) atoms. The van der Waals surface area contributed by atoms with Gasteiger partial charge in [0.15, 0.2) is 0 Å². The number of pyridine rings is 1. The summed E-state index contributed by atoms with van der Waals surface area (Å²) in [4.78, 5) is 40.1. The molecule has 0 bridgehead atoms. The van der Waals surface area contributed by atoms with Crippen LogP contribution in [0.25, 0.3) is 0 Å². The molecule has 0 aliphatic heterocycles. The van der Waals surface area contributed by atoms with Crippen LogP contribution in [-0.2, 0) is 5.75 Å². The molecular weight excluding hydrogens is 352 g/mol. The number of nitrogens with zero attached hydrogens (tertiary/aromatic N) is 4. The summed E-state index contributed by atoms with van der Waals surface area (Å²) in [7, 11) is 0. The summed E-state index contributed by atoms with van der Waals surface area (Å²) >= 11 is 1.70. The van der Waals surface area contributed by atoms with E-state index in [2.05, 4.69) is 25.3 Å². The quantitative estimate of drug-likeness (QED) is 0.610. The molecule has 3 aromatic rings. The first-order valence-corrected chi connectivity index (χ1v) is 9.15. The Morgan fingerprint density at radius 2 is 2.19 bits per heavy atom. The van der Waals surface area contributed by atoms with E-state index in [1.54, 1.807) is 36.4 Å². The molecule has 0 fully saturated rings. The minimum Gasteiger partial charge on any atom is -0.354 e. The summed E-state index contributed by atoms with van der Waals surface area (Å²) in [6, 6.07) is 4.52. The van der Waals surface area contributed by atoms with Crippen molar-refractivity contribution in [3.63, 3.8) is 0 Å². The SMILES string of the molecule is Cc1[nH]cnc1CSCCNc1nccc(=O)n1C(=O)c1cccnc1. The monoisotopic (exact) mass is 370 g/mol.